The molecule has 0 saturated carbocycles. The quantitative estimate of drug-likeness (QED) is 0.534. The number of para-hydroxylation sites is 1. The number of aromatic nitrogens is 2. The van der Waals surface area contributed by atoms with Gasteiger partial charge in [-0.25, -0.2) is 0 Å². The van der Waals surface area contributed by atoms with Crippen molar-refractivity contribution in [3.63, 3.8) is 0 Å². The van der Waals surface area contributed by atoms with Crippen molar-refractivity contribution in [2.75, 3.05) is 13.3 Å². The summed E-state index contributed by atoms with van der Waals surface area (Å²) in [7, 11) is -2.64. The van der Waals surface area contributed by atoms with E-state index >= 15 is 0 Å². The van der Waals surface area contributed by atoms with E-state index in [9.17, 15) is 14.7 Å². The van der Waals surface area contributed by atoms with Crippen LogP contribution in [0, 0.1) is 10.1 Å². The molecule has 2 aromatic rings. The summed E-state index contributed by atoms with van der Waals surface area (Å²) in [6.07, 6.45) is 3.86. The first-order chi connectivity index (χ1) is 9.74. The number of nitro groups is 1. The Bertz CT molecular complexity index is 655. The van der Waals surface area contributed by atoms with Crippen LogP contribution in [0.25, 0.3) is 5.69 Å². The van der Waals surface area contributed by atoms with Crippen molar-refractivity contribution in [3.05, 3.63) is 52.3 Å². The largest absolute Gasteiger partial charge is 0.439 e. The number of rotatable bonds is 3. The van der Waals surface area contributed by atoms with Crippen LogP contribution in [0.3, 0.4) is 0 Å². The zero-order valence-electron chi connectivity index (χ0n) is 12.1. The van der Waals surface area contributed by atoms with Crippen LogP contribution in [0.15, 0.2) is 36.7 Å². The van der Waals surface area contributed by atoms with E-state index in [-0.39, 0.29) is 5.95 Å². The molecule has 0 atom stereocenters. The van der Waals surface area contributed by atoms with Crippen molar-refractivity contribution >= 4 is 13.3 Å². The summed E-state index contributed by atoms with van der Waals surface area (Å²) in [5.74, 6) is -0.152. The summed E-state index contributed by atoms with van der Waals surface area (Å²) in [4.78, 5) is 22.1. The fraction of sp³-hybridized carbons (Fsp3) is 0.308. The highest BCUT2D eigenvalue weighted by Crippen LogP contribution is 2.27. The maximum absolute atomic E-state index is 10.8. The van der Waals surface area contributed by atoms with Gasteiger partial charge in [0.2, 0.25) is 0 Å². The molecule has 1 aromatic heterocycles. The van der Waals surface area contributed by atoms with E-state index in [0.29, 0.717) is 0 Å². The molecule has 1 N–H and O–H groups in total. The summed E-state index contributed by atoms with van der Waals surface area (Å²) in [6.45, 7) is 4.61. The molecule has 7 nitrogen and oxygen atoms in total. The first-order valence-electron chi connectivity index (χ1n) is 6.27. The molecule has 21 heavy (non-hydrogen) atoms. The molecule has 1 aromatic carbocycles. The average molecular weight is 311 g/mol. The number of nitrogens with zero attached hydrogens (tertiary/aromatic N) is 3. The molecular weight excluding hydrogens is 293 g/mol. The molecule has 0 fully saturated rings. The predicted octanol–water partition coefficient (Wildman–Crippen LogP) is 2.86. The van der Waals surface area contributed by atoms with Gasteiger partial charge in [0.25, 0.3) is 0 Å². The first-order valence-corrected chi connectivity index (χ1v) is 8.83. The Hall–Kier alpha value is -1.98. The lowest BCUT2D eigenvalue weighted by Gasteiger charge is -2.05. The lowest BCUT2D eigenvalue weighted by molar-refractivity contribution is -0.395. The third-order valence-corrected chi connectivity index (χ3v) is 2.42. The number of aryl methyl sites for hydroxylation is 1. The van der Waals surface area contributed by atoms with Crippen molar-refractivity contribution in [3.8, 4) is 5.69 Å². The van der Waals surface area contributed by atoms with Crippen LogP contribution < -0.4 is 0 Å². The third-order valence-electron chi connectivity index (χ3n) is 2.42. The van der Waals surface area contributed by atoms with E-state index < -0.39 is 12.3 Å². The maximum Gasteiger partial charge on any atom is 0.439 e. The normalized spacial score (nSPS) is 10.7. The van der Waals surface area contributed by atoms with Crippen LogP contribution in [0.1, 0.15) is 12.5 Å². The van der Waals surface area contributed by atoms with Crippen LogP contribution in [-0.2, 0) is 11.0 Å². The Balaban J connectivity index is 0.000000383. The average Bonchev–Trinajstić information content (AvgIpc) is 2.85. The van der Waals surface area contributed by atoms with Gasteiger partial charge in [0.15, 0.2) is 7.37 Å². The van der Waals surface area contributed by atoms with Gasteiger partial charge in [-0.3, -0.25) is 4.57 Å². The van der Waals surface area contributed by atoms with Gasteiger partial charge >= 0.3 is 5.95 Å². The summed E-state index contributed by atoms with van der Waals surface area (Å²) in [5.41, 5.74) is 1.87. The second kappa shape index (κ2) is 7.15. The van der Waals surface area contributed by atoms with Crippen molar-refractivity contribution in [1.82, 2.24) is 9.55 Å². The fourth-order valence-electron chi connectivity index (χ4n) is 1.66. The standard InChI is InChI=1S/C11H11N3O2.C2H7O2P/c1-2-9-5-3-4-6-10(9)13-8-7-12-11(13)14(15)16;1-5(2,3)4/h3-8H,2H2,1H3;1-2H3,(H,3,4). The van der Waals surface area contributed by atoms with Gasteiger partial charge in [-0.2, -0.15) is 4.57 Å². The van der Waals surface area contributed by atoms with E-state index in [1.165, 1.54) is 24.1 Å². The van der Waals surface area contributed by atoms with Crippen LogP contribution >= 0.6 is 7.37 Å². The van der Waals surface area contributed by atoms with Gasteiger partial charge in [-0.1, -0.05) is 30.1 Å². The van der Waals surface area contributed by atoms with Crippen LogP contribution in [0.4, 0.5) is 5.95 Å². The molecule has 0 aliphatic carbocycles. The van der Waals surface area contributed by atoms with E-state index in [4.69, 9.17) is 4.89 Å². The molecule has 8 heteroatoms. The Morgan fingerprint density at radius 1 is 1.38 bits per heavy atom. The third kappa shape index (κ3) is 5.49. The molecule has 0 unspecified atom stereocenters. The molecule has 0 bridgehead atoms. The first kappa shape index (κ1) is 17.1. The van der Waals surface area contributed by atoms with Crippen molar-refractivity contribution in [2.24, 2.45) is 0 Å². The van der Waals surface area contributed by atoms with Crippen molar-refractivity contribution in [1.29, 1.82) is 0 Å². The van der Waals surface area contributed by atoms with Crippen LogP contribution in [-0.4, -0.2) is 32.7 Å². The van der Waals surface area contributed by atoms with E-state index in [0.717, 1.165) is 17.7 Å². The molecule has 0 spiro atoms. The molecule has 114 valence electrons. The van der Waals surface area contributed by atoms with Gasteiger partial charge in [-0.05, 0) is 23.0 Å². The highest BCUT2D eigenvalue weighted by atomic mass is 31.2. The van der Waals surface area contributed by atoms with Crippen LogP contribution in [0.2, 0.25) is 0 Å². The molecule has 0 radical (unpaired) electrons. The number of hydrogen-bond donors (Lipinski definition) is 1. The number of imidazole rings is 1. The molecule has 0 aliphatic rings. The topological polar surface area (TPSA) is 98.3 Å². The minimum absolute atomic E-state index is 0.152. The Kier molecular flexibility index (Phi) is 5.81. The summed E-state index contributed by atoms with van der Waals surface area (Å²) >= 11 is 0. The fourth-order valence-corrected chi connectivity index (χ4v) is 1.66. The monoisotopic (exact) mass is 311 g/mol. The summed E-state index contributed by atoms with van der Waals surface area (Å²) in [6, 6.07) is 7.59. The minimum Gasteiger partial charge on any atom is -0.390 e. The SMILES string of the molecule is CCc1ccccc1-n1ccnc1[N+](=O)[O-].CP(C)(=O)O. The van der Waals surface area contributed by atoms with Gasteiger partial charge in [0.05, 0.1) is 0 Å². The molecule has 2 rings (SSSR count). The molecule has 0 amide bonds. The molecule has 0 saturated heterocycles. The number of benzene rings is 1. The summed E-state index contributed by atoms with van der Waals surface area (Å²) in [5, 5.41) is 10.8. The highest BCUT2D eigenvalue weighted by molar-refractivity contribution is 7.56. The molecule has 0 aliphatic heterocycles. The highest BCUT2D eigenvalue weighted by Gasteiger charge is 2.17. The lowest BCUT2D eigenvalue weighted by Crippen LogP contribution is -2.03. The van der Waals surface area contributed by atoms with Crippen LogP contribution in [0.5, 0.6) is 0 Å². The van der Waals surface area contributed by atoms with Crippen molar-refractivity contribution in [2.45, 2.75) is 13.3 Å². The number of hydrogen-bond acceptors (Lipinski definition) is 4. The van der Waals surface area contributed by atoms with E-state index in [1.54, 1.807) is 6.20 Å². The summed E-state index contributed by atoms with van der Waals surface area (Å²) < 4.78 is 11.3. The van der Waals surface area contributed by atoms with Gasteiger partial charge < -0.3 is 15.0 Å². The van der Waals surface area contributed by atoms with E-state index in [1.807, 2.05) is 31.2 Å². The zero-order valence-corrected chi connectivity index (χ0v) is 13.0. The molecular formula is C13H18N3O4P. The van der Waals surface area contributed by atoms with Gasteiger partial charge in [0.1, 0.15) is 18.1 Å². The Morgan fingerprint density at radius 2 is 1.95 bits per heavy atom. The predicted molar refractivity (Wildman–Crippen MR) is 81.3 cm³/mol. The Labute approximate surface area is 122 Å². The molecule has 1 heterocycles. The zero-order chi connectivity index (χ0) is 16.0. The van der Waals surface area contributed by atoms with Gasteiger partial charge in [0, 0.05) is 13.3 Å². The Morgan fingerprint density at radius 3 is 2.48 bits per heavy atom. The maximum atomic E-state index is 10.8. The second-order valence-corrected chi connectivity index (χ2v) is 7.22. The lowest BCUT2D eigenvalue weighted by atomic mass is 10.1. The second-order valence-electron chi connectivity index (χ2n) is 4.63. The van der Waals surface area contributed by atoms with Gasteiger partial charge in [-0.15, -0.1) is 0 Å². The van der Waals surface area contributed by atoms with Crippen molar-refractivity contribution < 1.29 is 14.4 Å². The van der Waals surface area contributed by atoms with E-state index in [2.05, 4.69) is 4.98 Å². The minimum atomic E-state index is -2.64. The smallest absolute Gasteiger partial charge is 0.390 e.